The number of likely N-dealkylation sites (tertiary alicyclic amines) is 1. The van der Waals surface area contributed by atoms with E-state index in [1.54, 1.807) is 30.3 Å². The molecule has 1 aliphatic heterocycles. The van der Waals surface area contributed by atoms with Gasteiger partial charge < -0.3 is 10.0 Å². The molecule has 5 nitrogen and oxygen atoms in total. The van der Waals surface area contributed by atoms with Gasteiger partial charge in [-0.25, -0.2) is 8.42 Å². The van der Waals surface area contributed by atoms with Gasteiger partial charge in [-0.15, -0.1) is 0 Å². The molecule has 1 fully saturated rings. The Morgan fingerprint density at radius 3 is 2.30 bits per heavy atom. The van der Waals surface area contributed by atoms with E-state index in [-0.39, 0.29) is 11.4 Å². The van der Waals surface area contributed by atoms with Crippen molar-refractivity contribution in [2.45, 2.75) is 30.3 Å². The number of aliphatic hydroxyl groups is 1. The van der Waals surface area contributed by atoms with Crippen LogP contribution in [0.1, 0.15) is 19.3 Å². The third-order valence-electron chi connectivity index (χ3n) is 5.66. The van der Waals surface area contributed by atoms with Gasteiger partial charge in [0.05, 0.1) is 23.2 Å². The zero-order valence-corrected chi connectivity index (χ0v) is 17.8. The summed E-state index contributed by atoms with van der Waals surface area (Å²) < 4.78 is 28.6. The van der Waals surface area contributed by atoms with Crippen molar-refractivity contribution < 1.29 is 13.5 Å². The Hall–Kier alpha value is -2.41. The van der Waals surface area contributed by atoms with Crippen molar-refractivity contribution in [2.75, 3.05) is 30.5 Å². The Morgan fingerprint density at radius 1 is 0.867 bits per heavy atom. The van der Waals surface area contributed by atoms with Crippen LogP contribution in [-0.2, 0) is 10.0 Å². The van der Waals surface area contributed by atoms with Crippen LogP contribution in [-0.4, -0.2) is 50.7 Å². The Kier molecular flexibility index (Phi) is 6.37. The van der Waals surface area contributed by atoms with E-state index >= 15 is 0 Å². The quantitative estimate of drug-likeness (QED) is 0.625. The first kappa shape index (κ1) is 20.8. The van der Waals surface area contributed by atoms with E-state index in [0.29, 0.717) is 12.2 Å². The maximum absolute atomic E-state index is 13.6. The molecule has 0 radical (unpaired) electrons. The van der Waals surface area contributed by atoms with Crippen LogP contribution in [0.5, 0.6) is 0 Å². The molecule has 0 amide bonds. The molecule has 1 unspecified atom stereocenters. The van der Waals surface area contributed by atoms with Crippen molar-refractivity contribution >= 4 is 26.5 Å². The van der Waals surface area contributed by atoms with Gasteiger partial charge in [-0.05, 0) is 49.5 Å². The van der Waals surface area contributed by atoms with Crippen molar-refractivity contribution in [1.82, 2.24) is 4.90 Å². The molecule has 4 rings (SSSR count). The van der Waals surface area contributed by atoms with Crippen molar-refractivity contribution in [1.29, 1.82) is 0 Å². The van der Waals surface area contributed by atoms with Gasteiger partial charge in [0, 0.05) is 11.9 Å². The first-order valence-electron chi connectivity index (χ1n) is 10.5. The number of rotatable bonds is 7. The topological polar surface area (TPSA) is 60.9 Å². The lowest BCUT2D eigenvalue weighted by atomic mass is 10.1. The van der Waals surface area contributed by atoms with E-state index in [0.717, 1.165) is 36.7 Å². The standard InChI is InChI=1S/C24H28N2O3S/c27-21(18-25-16-7-2-8-17-25)19-26(30(28,29)22-12-3-1-4-13-22)24-15-9-11-20-10-5-6-14-23(20)24/h1,3-6,9-15,21,27H,2,7-8,16-19H2. The average molecular weight is 425 g/mol. The molecule has 1 aliphatic rings. The summed E-state index contributed by atoms with van der Waals surface area (Å²) in [5.74, 6) is 0. The van der Waals surface area contributed by atoms with Crippen LogP contribution in [0.3, 0.4) is 0 Å². The second-order valence-corrected chi connectivity index (χ2v) is 9.72. The third kappa shape index (κ3) is 4.51. The third-order valence-corrected chi connectivity index (χ3v) is 7.45. The first-order valence-corrected chi connectivity index (χ1v) is 12.0. The lowest BCUT2D eigenvalue weighted by Crippen LogP contribution is -2.44. The van der Waals surface area contributed by atoms with Gasteiger partial charge in [0.1, 0.15) is 0 Å². The number of sulfonamides is 1. The minimum absolute atomic E-state index is 0.0156. The molecular weight excluding hydrogens is 396 g/mol. The van der Waals surface area contributed by atoms with Crippen molar-refractivity contribution in [3.63, 3.8) is 0 Å². The normalized spacial score (nSPS) is 16.4. The Bertz CT molecular complexity index is 1070. The number of β-amino-alcohol motifs (C(OH)–C–C–N with tert-alkyl or cyclic N) is 1. The molecule has 3 aromatic rings. The Labute approximate surface area is 178 Å². The number of piperidine rings is 1. The van der Waals surface area contributed by atoms with Crippen LogP contribution >= 0.6 is 0 Å². The number of hydrogen-bond donors (Lipinski definition) is 1. The number of aliphatic hydroxyl groups excluding tert-OH is 1. The number of hydrogen-bond acceptors (Lipinski definition) is 4. The van der Waals surface area contributed by atoms with Crippen LogP contribution < -0.4 is 4.31 Å². The first-order chi connectivity index (χ1) is 14.6. The van der Waals surface area contributed by atoms with Crippen LogP contribution in [0, 0.1) is 0 Å². The summed E-state index contributed by atoms with van der Waals surface area (Å²) in [4.78, 5) is 2.45. The smallest absolute Gasteiger partial charge is 0.264 e. The maximum Gasteiger partial charge on any atom is 0.264 e. The largest absolute Gasteiger partial charge is 0.390 e. The summed E-state index contributed by atoms with van der Waals surface area (Å²) in [6.07, 6.45) is 2.70. The van der Waals surface area contributed by atoms with Crippen LogP contribution in [0.2, 0.25) is 0 Å². The number of benzene rings is 3. The summed E-state index contributed by atoms with van der Waals surface area (Å²) in [7, 11) is -3.83. The molecule has 1 atom stereocenters. The van der Waals surface area contributed by atoms with E-state index in [1.165, 1.54) is 10.7 Å². The summed E-state index contributed by atoms with van der Waals surface area (Å²) in [6.45, 7) is 2.40. The maximum atomic E-state index is 13.6. The zero-order valence-electron chi connectivity index (χ0n) is 17.0. The fourth-order valence-electron chi connectivity index (χ4n) is 4.16. The Balaban J connectivity index is 1.71. The van der Waals surface area contributed by atoms with Gasteiger partial charge in [0.2, 0.25) is 0 Å². The SMILES string of the molecule is O=S(=O)(c1ccccc1)N(CC(O)CN1CCCCC1)c1cccc2ccccc12. The van der Waals surface area contributed by atoms with Gasteiger partial charge in [-0.3, -0.25) is 4.31 Å². The molecule has 1 N–H and O–H groups in total. The number of anilines is 1. The molecular formula is C24H28N2O3S. The fourth-order valence-corrected chi connectivity index (χ4v) is 5.70. The molecule has 0 aliphatic carbocycles. The van der Waals surface area contributed by atoms with Crippen molar-refractivity contribution in [3.8, 4) is 0 Å². The van der Waals surface area contributed by atoms with Gasteiger partial charge >= 0.3 is 0 Å². The number of nitrogens with zero attached hydrogens (tertiary/aromatic N) is 2. The molecule has 0 bridgehead atoms. The van der Waals surface area contributed by atoms with Gasteiger partial charge in [-0.2, -0.15) is 0 Å². The summed E-state index contributed by atoms with van der Waals surface area (Å²) >= 11 is 0. The van der Waals surface area contributed by atoms with E-state index in [9.17, 15) is 13.5 Å². The van der Waals surface area contributed by atoms with E-state index in [1.807, 2.05) is 42.5 Å². The van der Waals surface area contributed by atoms with Crippen LogP contribution in [0.25, 0.3) is 10.8 Å². The number of fused-ring (bicyclic) bond motifs is 1. The van der Waals surface area contributed by atoms with Gasteiger partial charge in [0.15, 0.2) is 0 Å². The molecule has 1 saturated heterocycles. The molecule has 0 spiro atoms. The lowest BCUT2D eigenvalue weighted by Gasteiger charge is -2.32. The molecule has 1 heterocycles. The molecule has 0 saturated carbocycles. The predicted molar refractivity (Wildman–Crippen MR) is 121 cm³/mol. The molecule has 3 aromatic carbocycles. The monoisotopic (exact) mass is 424 g/mol. The van der Waals surface area contributed by atoms with Crippen molar-refractivity contribution in [2.24, 2.45) is 0 Å². The Morgan fingerprint density at radius 2 is 1.53 bits per heavy atom. The second kappa shape index (κ2) is 9.16. The van der Waals surface area contributed by atoms with Crippen LogP contribution in [0.15, 0.2) is 77.7 Å². The second-order valence-electron chi connectivity index (χ2n) is 7.86. The average Bonchev–Trinajstić information content (AvgIpc) is 2.78. The highest BCUT2D eigenvalue weighted by atomic mass is 32.2. The molecule has 158 valence electrons. The van der Waals surface area contributed by atoms with Crippen molar-refractivity contribution in [3.05, 3.63) is 72.8 Å². The van der Waals surface area contributed by atoms with Gasteiger partial charge in [-0.1, -0.05) is 61.0 Å². The molecule has 6 heteroatoms. The summed E-state index contributed by atoms with van der Waals surface area (Å²) in [6, 6.07) is 21.8. The summed E-state index contributed by atoms with van der Waals surface area (Å²) in [5, 5.41) is 12.7. The highest BCUT2D eigenvalue weighted by Gasteiger charge is 2.29. The predicted octanol–water partition coefficient (Wildman–Crippen LogP) is 3.88. The highest BCUT2D eigenvalue weighted by molar-refractivity contribution is 7.92. The van der Waals surface area contributed by atoms with Gasteiger partial charge in [0.25, 0.3) is 10.0 Å². The van der Waals surface area contributed by atoms with Crippen LogP contribution in [0.4, 0.5) is 5.69 Å². The molecule has 0 aromatic heterocycles. The zero-order chi connectivity index (χ0) is 21.0. The fraction of sp³-hybridized carbons (Fsp3) is 0.333. The molecule has 30 heavy (non-hydrogen) atoms. The van der Waals surface area contributed by atoms with E-state index in [4.69, 9.17) is 0 Å². The minimum atomic E-state index is -3.83. The van der Waals surface area contributed by atoms with E-state index in [2.05, 4.69) is 4.90 Å². The summed E-state index contributed by atoms with van der Waals surface area (Å²) in [5.41, 5.74) is 0.592. The highest BCUT2D eigenvalue weighted by Crippen LogP contribution is 2.31. The minimum Gasteiger partial charge on any atom is -0.390 e. The van der Waals surface area contributed by atoms with E-state index < -0.39 is 16.1 Å². The lowest BCUT2D eigenvalue weighted by molar-refractivity contribution is 0.107.